The predicted molar refractivity (Wildman–Crippen MR) is 86.9 cm³/mol. The van der Waals surface area contributed by atoms with E-state index in [0.29, 0.717) is 16.3 Å². The molecule has 0 spiro atoms. The molecule has 1 atom stereocenters. The minimum Gasteiger partial charge on any atom is -0.206 e. The molecule has 1 unspecified atom stereocenters. The van der Waals surface area contributed by atoms with E-state index in [1.807, 2.05) is 12.1 Å². The van der Waals surface area contributed by atoms with Gasteiger partial charge in [-0.25, -0.2) is 4.39 Å². The summed E-state index contributed by atoms with van der Waals surface area (Å²) in [6.07, 6.45) is 1.80. The van der Waals surface area contributed by atoms with Crippen molar-refractivity contribution in [1.82, 2.24) is 0 Å². The van der Waals surface area contributed by atoms with Gasteiger partial charge in [0.05, 0.1) is 4.47 Å². The number of rotatable bonds is 5. The number of benzene rings is 2. The minimum absolute atomic E-state index is 0.227. The van der Waals surface area contributed by atoms with Crippen molar-refractivity contribution in [1.29, 1.82) is 0 Å². The largest absolute Gasteiger partial charge is 0.206 e. The fraction of sp³-hybridized carbons (Fsp3) is 0.294. The second-order valence-electron chi connectivity index (χ2n) is 5.16. The lowest BCUT2D eigenvalue weighted by Crippen LogP contribution is -2.10. The highest BCUT2D eigenvalue weighted by atomic mass is 79.9. The first-order valence-corrected chi connectivity index (χ1v) is 7.96. The zero-order valence-corrected chi connectivity index (χ0v) is 13.7. The van der Waals surface area contributed by atoms with Gasteiger partial charge >= 0.3 is 0 Å². The van der Waals surface area contributed by atoms with Crippen molar-refractivity contribution in [2.75, 3.05) is 5.88 Å². The fourth-order valence-corrected chi connectivity index (χ4v) is 2.88. The lowest BCUT2D eigenvalue weighted by atomic mass is 9.94. The van der Waals surface area contributed by atoms with Crippen LogP contribution in [-0.2, 0) is 12.8 Å². The molecule has 2 rings (SSSR count). The van der Waals surface area contributed by atoms with Crippen molar-refractivity contribution in [3.05, 3.63) is 69.4 Å². The molecule has 0 saturated heterocycles. The van der Waals surface area contributed by atoms with E-state index >= 15 is 0 Å². The first kappa shape index (κ1) is 15.5. The Morgan fingerprint density at radius 1 is 1.05 bits per heavy atom. The average Bonchev–Trinajstić information content (AvgIpc) is 2.44. The smallest absolute Gasteiger partial charge is 0.137 e. The molecule has 0 radical (unpaired) electrons. The summed E-state index contributed by atoms with van der Waals surface area (Å²) in [5, 5.41) is 0. The molecule has 0 saturated carbocycles. The summed E-state index contributed by atoms with van der Waals surface area (Å²) in [4.78, 5) is 0. The van der Waals surface area contributed by atoms with E-state index in [4.69, 9.17) is 11.6 Å². The molecule has 0 aliphatic carbocycles. The maximum atomic E-state index is 13.2. The first-order chi connectivity index (χ1) is 9.58. The standard InChI is InChI=1S/C17H17BrClF/c1-12-2-4-13(5-3-12)8-15(11-19)9-14-6-7-17(20)16(18)10-14/h2-7,10,15H,8-9,11H2,1H3. The number of halogens is 3. The Balaban J connectivity index is 2.04. The van der Waals surface area contributed by atoms with Gasteiger partial charge < -0.3 is 0 Å². The van der Waals surface area contributed by atoms with Gasteiger partial charge in [-0.1, -0.05) is 35.9 Å². The van der Waals surface area contributed by atoms with Gasteiger partial charge in [0.15, 0.2) is 0 Å². The third kappa shape index (κ3) is 4.32. The molecule has 0 aliphatic rings. The van der Waals surface area contributed by atoms with Gasteiger partial charge in [-0.2, -0.15) is 0 Å². The maximum Gasteiger partial charge on any atom is 0.137 e. The highest BCUT2D eigenvalue weighted by molar-refractivity contribution is 9.10. The van der Waals surface area contributed by atoms with Gasteiger partial charge in [-0.3, -0.25) is 0 Å². The molecule has 0 heterocycles. The molecule has 3 heteroatoms. The number of hydrogen-bond donors (Lipinski definition) is 0. The van der Waals surface area contributed by atoms with Crippen LogP contribution in [0.25, 0.3) is 0 Å². The topological polar surface area (TPSA) is 0 Å². The summed E-state index contributed by atoms with van der Waals surface area (Å²) in [6, 6.07) is 13.7. The zero-order chi connectivity index (χ0) is 14.5. The Morgan fingerprint density at radius 2 is 1.65 bits per heavy atom. The summed E-state index contributed by atoms with van der Waals surface area (Å²) in [6.45, 7) is 2.08. The van der Waals surface area contributed by atoms with Gasteiger partial charge in [0.25, 0.3) is 0 Å². The van der Waals surface area contributed by atoms with Crippen LogP contribution in [0.4, 0.5) is 4.39 Å². The molecule has 0 amide bonds. The van der Waals surface area contributed by atoms with Crippen molar-refractivity contribution >= 4 is 27.5 Å². The van der Waals surface area contributed by atoms with Gasteiger partial charge in [0, 0.05) is 5.88 Å². The number of aryl methyl sites for hydroxylation is 1. The van der Waals surface area contributed by atoms with Crippen molar-refractivity contribution in [3.8, 4) is 0 Å². The van der Waals surface area contributed by atoms with Gasteiger partial charge in [0.1, 0.15) is 5.82 Å². The molecule has 0 bridgehead atoms. The molecule has 0 aliphatic heterocycles. The van der Waals surface area contributed by atoms with Crippen LogP contribution in [0.3, 0.4) is 0 Å². The average molecular weight is 356 g/mol. The first-order valence-electron chi connectivity index (χ1n) is 6.64. The van der Waals surface area contributed by atoms with Gasteiger partial charge in [-0.05, 0) is 64.9 Å². The van der Waals surface area contributed by atoms with Crippen LogP contribution in [0.2, 0.25) is 0 Å². The Morgan fingerprint density at radius 3 is 2.25 bits per heavy atom. The SMILES string of the molecule is Cc1ccc(CC(CCl)Cc2ccc(F)c(Br)c2)cc1. The van der Waals surface area contributed by atoms with E-state index in [1.165, 1.54) is 17.2 Å². The van der Waals surface area contributed by atoms with Crippen LogP contribution in [0, 0.1) is 18.7 Å². The van der Waals surface area contributed by atoms with E-state index in [0.717, 1.165) is 18.4 Å². The van der Waals surface area contributed by atoms with Crippen molar-refractivity contribution in [3.63, 3.8) is 0 Å². The van der Waals surface area contributed by atoms with Crippen molar-refractivity contribution in [2.24, 2.45) is 5.92 Å². The molecule has 0 N–H and O–H groups in total. The second-order valence-corrected chi connectivity index (χ2v) is 6.33. The predicted octanol–water partition coefficient (Wildman–Crippen LogP) is 5.54. The summed E-state index contributed by atoms with van der Waals surface area (Å²) in [5.74, 6) is 0.731. The van der Waals surface area contributed by atoms with Crippen LogP contribution < -0.4 is 0 Å². The molecule has 0 nitrogen and oxygen atoms in total. The zero-order valence-electron chi connectivity index (χ0n) is 11.4. The van der Waals surface area contributed by atoms with Gasteiger partial charge in [0.2, 0.25) is 0 Å². The lowest BCUT2D eigenvalue weighted by molar-refractivity contribution is 0.580. The van der Waals surface area contributed by atoms with E-state index in [-0.39, 0.29) is 5.82 Å². The highest BCUT2D eigenvalue weighted by Gasteiger charge is 2.11. The maximum absolute atomic E-state index is 13.2. The lowest BCUT2D eigenvalue weighted by Gasteiger charge is -2.14. The summed E-state index contributed by atoms with van der Waals surface area (Å²) >= 11 is 9.31. The Kier molecular flexibility index (Phi) is 5.62. The van der Waals surface area contributed by atoms with Gasteiger partial charge in [-0.15, -0.1) is 11.6 Å². The molecule has 0 aromatic heterocycles. The molecule has 20 heavy (non-hydrogen) atoms. The minimum atomic E-state index is -0.227. The Labute approximate surface area is 133 Å². The van der Waals surface area contributed by atoms with Crippen LogP contribution in [-0.4, -0.2) is 5.88 Å². The highest BCUT2D eigenvalue weighted by Crippen LogP contribution is 2.21. The van der Waals surface area contributed by atoms with Crippen LogP contribution >= 0.6 is 27.5 Å². The molecule has 106 valence electrons. The molecular formula is C17H17BrClF. The number of alkyl halides is 1. The molecular weight excluding hydrogens is 339 g/mol. The summed E-state index contributed by atoms with van der Waals surface area (Å²) in [7, 11) is 0. The van der Waals surface area contributed by atoms with E-state index < -0.39 is 0 Å². The van der Waals surface area contributed by atoms with Crippen LogP contribution in [0.5, 0.6) is 0 Å². The third-order valence-corrected chi connectivity index (χ3v) is 4.42. The van der Waals surface area contributed by atoms with E-state index in [1.54, 1.807) is 0 Å². The van der Waals surface area contributed by atoms with Crippen molar-refractivity contribution in [2.45, 2.75) is 19.8 Å². The molecule has 0 fully saturated rings. The summed E-state index contributed by atoms with van der Waals surface area (Å²) < 4.78 is 13.7. The fourth-order valence-electron chi connectivity index (χ4n) is 2.24. The Hall–Kier alpha value is -0.860. The monoisotopic (exact) mass is 354 g/mol. The van der Waals surface area contributed by atoms with E-state index in [9.17, 15) is 4.39 Å². The Bertz CT molecular complexity index is 566. The number of hydrogen-bond acceptors (Lipinski definition) is 0. The second kappa shape index (κ2) is 7.24. The van der Waals surface area contributed by atoms with Crippen molar-refractivity contribution < 1.29 is 4.39 Å². The van der Waals surface area contributed by atoms with Crippen LogP contribution in [0.15, 0.2) is 46.9 Å². The normalized spacial score (nSPS) is 12.4. The van der Waals surface area contributed by atoms with Crippen LogP contribution in [0.1, 0.15) is 16.7 Å². The van der Waals surface area contributed by atoms with E-state index in [2.05, 4.69) is 47.1 Å². The quantitative estimate of drug-likeness (QED) is 0.618. The third-order valence-electron chi connectivity index (χ3n) is 3.37. The molecule has 2 aromatic rings. The summed E-state index contributed by atoms with van der Waals surface area (Å²) in [5.41, 5.74) is 3.66. The molecule has 2 aromatic carbocycles.